The number of carbonyl (C=O) groups is 1. The molecule has 154 valence electrons. The molecule has 1 aromatic heterocycles. The highest BCUT2D eigenvalue weighted by Gasteiger charge is 2.30. The molecule has 2 heterocycles. The molecule has 3 rings (SSSR count). The van der Waals surface area contributed by atoms with E-state index in [9.17, 15) is 18.0 Å². The number of alkyl halides is 3. The van der Waals surface area contributed by atoms with Crippen molar-refractivity contribution in [1.29, 1.82) is 0 Å². The van der Waals surface area contributed by atoms with Gasteiger partial charge in [-0.2, -0.15) is 13.2 Å². The lowest BCUT2D eigenvalue weighted by atomic mass is 10.2. The highest BCUT2D eigenvalue weighted by molar-refractivity contribution is 5.91. The fraction of sp³-hybridized carbons (Fsp3) is 0.471. The van der Waals surface area contributed by atoms with Crippen LogP contribution in [-0.2, 0) is 6.18 Å². The Balaban J connectivity index is 0.00000280. The van der Waals surface area contributed by atoms with E-state index in [0.717, 1.165) is 56.0 Å². The van der Waals surface area contributed by atoms with E-state index in [1.165, 1.54) is 18.3 Å². The van der Waals surface area contributed by atoms with Crippen molar-refractivity contribution in [2.45, 2.75) is 12.6 Å². The van der Waals surface area contributed by atoms with Gasteiger partial charge in [0.2, 0.25) is 0 Å². The van der Waals surface area contributed by atoms with Crippen LogP contribution in [0.3, 0.4) is 0 Å². The van der Waals surface area contributed by atoms with E-state index >= 15 is 0 Å². The molecule has 0 atom stereocenters. The lowest BCUT2D eigenvalue weighted by Gasteiger charge is -2.26. The summed E-state index contributed by atoms with van der Waals surface area (Å²) in [5.41, 5.74) is -0.529. The number of nitrogens with one attached hydrogen (secondary N) is 2. The molecule has 2 N–H and O–H groups in total. The van der Waals surface area contributed by atoms with Crippen molar-refractivity contribution in [2.75, 3.05) is 39.3 Å². The van der Waals surface area contributed by atoms with Crippen molar-refractivity contribution in [3.05, 3.63) is 41.7 Å². The molecule has 0 unspecified atom stereocenters. The summed E-state index contributed by atoms with van der Waals surface area (Å²) in [7, 11) is 0. The first-order valence-electron chi connectivity index (χ1n) is 8.75. The molecule has 1 aliphatic heterocycles. The maximum absolute atomic E-state index is 12.8. The van der Waals surface area contributed by atoms with E-state index in [-0.39, 0.29) is 23.8 Å². The summed E-state index contributed by atoms with van der Waals surface area (Å²) < 4.78 is 39.6. The predicted octanol–water partition coefficient (Wildman–Crippen LogP) is 1.73. The number of piperazine rings is 1. The second-order valence-corrected chi connectivity index (χ2v) is 6.30. The second kappa shape index (κ2) is 9.85. The van der Waals surface area contributed by atoms with E-state index < -0.39 is 17.6 Å². The number of rotatable bonds is 6. The molecule has 1 amide bonds. The van der Waals surface area contributed by atoms with Gasteiger partial charge in [-0.25, -0.2) is 4.68 Å². The normalized spacial score (nSPS) is 15.1. The molecule has 0 saturated carbocycles. The number of nitrogens with zero attached hydrogens (tertiary/aromatic N) is 4. The number of carbonyl (C=O) groups excluding carboxylic acids is 1. The number of amides is 1. The van der Waals surface area contributed by atoms with Crippen LogP contribution in [0.4, 0.5) is 13.2 Å². The summed E-state index contributed by atoms with van der Waals surface area (Å²) in [5.74, 6) is -0.395. The minimum Gasteiger partial charge on any atom is -0.351 e. The number of aromatic nitrogens is 3. The monoisotopic (exact) mass is 418 g/mol. The fourth-order valence-corrected chi connectivity index (χ4v) is 2.85. The van der Waals surface area contributed by atoms with Crippen LogP contribution in [0.1, 0.15) is 22.5 Å². The standard InChI is InChI=1S/C17H21F3N6O.ClH/c18-17(19,20)13-3-1-4-14(11-13)26-12-15(23-24-26)16(27)22-5-2-8-25-9-6-21-7-10-25;/h1,3-4,11-12,21H,2,5-10H2,(H,22,27);1H. The van der Waals surface area contributed by atoms with Gasteiger partial charge in [0.25, 0.3) is 5.91 Å². The van der Waals surface area contributed by atoms with Crippen LogP contribution in [-0.4, -0.2) is 65.1 Å². The summed E-state index contributed by atoms with van der Waals surface area (Å²) in [6.07, 6.45) is -2.31. The molecule has 11 heteroatoms. The van der Waals surface area contributed by atoms with Gasteiger partial charge in [0, 0.05) is 32.7 Å². The largest absolute Gasteiger partial charge is 0.416 e. The zero-order chi connectivity index (χ0) is 19.3. The molecule has 1 aliphatic rings. The Kier molecular flexibility index (Phi) is 7.78. The van der Waals surface area contributed by atoms with Crippen LogP contribution in [0.15, 0.2) is 30.5 Å². The number of halogens is 4. The average molecular weight is 419 g/mol. The zero-order valence-electron chi connectivity index (χ0n) is 15.1. The smallest absolute Gasteiger partial charge is 0.351 e. The number of benzene rings is 1. The summed E-state index contributed by atoms with van der Waals surface area (Å²) in [6.45, 7) is 5.35. The van der Waals surface area contributed by atoms with Crippen molar-refractivity contribution in [3.63, 3.8) is 0 Å². The van der Waals surface area contributed by atoms with Crippen molar-refractivity contribution < 1.29 is 18.0 Å². The first-order valence-corrected chi connectivity index (χ1v) is 8.75. The quantitative estimate of drug-likeness (QED) is 0.699. The minimum absolute atomic E-state index is 0. The average Bonchev–Trinajstić information content (AvgIpc) is 3.16. The Hall–Kier alpha value is -2.17. The molecular weight excluding hydrogens is 397 g/mol. The van der Waals surface area contributed by atoms with Crippen LogP contribution >= 0.6 is 12.4 Å². The third kappa shape index (κ3) is 5.91. The molecule has 1 aromatic carbocycles. The Morgan fingerprint density at radius 1 is 1.25 bits per heavy atom. The van der Waals surface area contributed by atoms with E-state index in [1.54, 1.807) is 0 Å². The zero-order valence-corrected chi connectivity index (χ0v) is 15.9. The van der Waals surface area contributed by atoms with Crippen LogP contribution in [0.25, 0.3) is 5.69 Å². The SMILES string of the molecule is Cl.O=C(NCCCN1CCNCC1)c1cn(-c2cccc(C(F)(F)F)c2)nn1. The Morgan fingerprint density at radius 2 is 2.00 bits per heavy atom. The van der Waals surface area contributed by atoms with Crippen LogP contribution in [0.2, 0.25) is 0 Å². The fourth-order valence-electron chi connectivity index (χ4n) is 2.85. The third-order valence-electron chi connectivity index (χ3n) is 4.31. The van der Waals surface area contributed by atoms with E-state index in [1.807, 2.05) is 0 Å². The maximum Gasteiger partial charge on any atom is 0.416 e. The summed E-state index contributed by atoms with van der Waals surface area (Å²) in [6, 6.07) is 4.70. The van der Waals surface area contributed by atoms with Crippen molar-refractivity contribution in [2.24, 2.45) is 0 Å². The third-order valence-corrected chi connectivity index (χ3v) is 4.31. The van der Waals surface area contributed by atoms with Gasteiger partial charge < -0.3 is 15.5 Å². The molecule has 2 aromatic rings. The Morgan fingerprint density at radius 3 is 2.71 bits per heavy atom. The predicted molar refractivity (Wildman–Crippen MR) is 99.9 cm³/mol. The Labute approximate surface area is 166 Å². The van der Waals surface area contributed by atoms with Crippen molar-refractivity contribution in [3.8, 4) is 5.69 Å². The van der Waals surface area contributed by atoms with Gasteiger partial charge in [-0.05, 0) is 31.2 Å². The molecule has 7 nitrogen and oxygen atoms in total. The topological polar surface area (TPSA) is 75.1 Å². The molecule has 0 aliphatic carbocycles. The van der Waals surface area contributed by atoms with Gasteiger partial charge >= 0.3 is 6.18 Å². The highest BCUT2D eigenvalue weighted by Crippen LogP contribution is 2.30. The number of hydrogen-bond donors (Lipinski definition) is 2. The highest BCUT2D eigenvalue weighted by atomic mass is 35.5. The van der Waals surface area contributed by atoms with Crippen molar-refractivity contribution >= 4 is 18.3 Å². The molecule has 0 spiro atoms. The first kappa shape index (κ1) is 22.1. The van der Waals surface area contributed by atoms with Gasteiger partial charge in [0.15, 0.2) is 5.69 Å². The molecule has 0 bridgehead atoms. The van der Waals surface area contributed by atoms with Crippen LogP contribution in [0.5, 0.6) is 0 Å². The number of hydrogen-bond acceptors (Lipinski definition) is 5. The van der Waals surface area contributed by atoms with E-state index in [0.29, 0.717) is 6.54 Å². The summed E-state index contributed by atoms with van der Waals surface area (Å²) >= 11 is 0. The van der Waals surface area contributed by atoms with Gasteiger partial charge in [-0.15, -0.1) is 17.5 Å². The van der Waals surface area contributed by atoms with Gasteiger partial charge in [0.1, 0.15) is 0 Å². The maximum atomic E-state index is 12.8. The first-order chi connectivity index (χ1) is 12.9. The summed E-state index contributed by atoms with van der Waals surface area (Å²) in [5, 5.41) is 13.6. The van der Waals surface area contributed by atoms with E-state index in [2.05, 4.69) is 25.8 Å². The van der Waals surface area contributed by atoms with Crippen LogP contribution < -0.4 is 10.6 Å². The second-order valence-electron chi connectivity index (χ2n) is 6.30. The lowest BCUT2D eigenvalue weighted by molar-refractivity contribution is -0.137. The van der Waals surface area contributed by atoms with Gasteiger partial charge in [0.05, 0.1) is 17.4 Å². The minimum atomic E-state index is -4.44. The molecule has 0 radical (unpaired) electrons. The van der Waals surface area contributed by atoms with Gasteiger partial charge in [-0.1, -0.05) is 11.3 Å². The molecule has 1 saturated heterocycles. The molecular formula is C17H22ClF3N6O. The summed E-state index contributed by atoms with van der Waals surface area (Å²) in [4.78, 5) is 14.5. The van der Waals surface area contributed by atoms with E-state index in [4.69, 9.17) is 0 Å². The lowest BCUT2D eigenvalue weighted by Crippen LogP contribution is -2.44. The molecule has 28 heavy (non-hydrogen) atoms. The molecule has 1 fully saturated rings. The van der Waals surface area contributed by atoms with Gasteiger partial charge in [-0.3, -0.25) is 4.79 Å². The van der Waals surface area contributed by atoms with Crippen molar-refractivity contribution in [1.82, 2.24) is 30.5 Å². The van der Waals surface area contributed by atoms with Crippen LogP contribution in [0, 0.1) is 0 Å². The Bertz CT molecular complexity index is 776.